The lowest BCUT2D eigenvalue weighted by atomic mass is 10.1. The third-order valence-electron chi connectivity index (χ3n) is 1.61. The van der Waals surface area contributed by atoms with Crippen molar-refractivity contribution in [3.05, 3.63) is 29.6 Å². The van der Waals surface area contributed by atoms with E-state index in [2.05, 4.69) is 10.3 Å². The Morgan fingerprint density at radius 2 is 2.31 bits per heavy atom. The monoisotopic (exact) mass is 188 g/mol. The maximum absolute atomic E-state index is 12.9. The van der Waals surface area contributed by atoms with Crippen LogP contribution in [0.4, 0.5) is 8.78 Å². The Morgan fingerprint density at radius 3 is 2.92 bits per heavy atom. The molecule has 0 aromatic carbocycles. The van der Waals surface area contributed by atoms with Crippen molar-refractivity contribution in [3.8, 4) is 0 Å². The van der Waals surface area contributed by atoms with Gasteiger partial charge in [0.15, 0.2) is 0 Å². The molecule has 1 aromatic rings. The van der Waals surface area contributed by atoms with Crippen LogP contribution in [0.25, 0.3) is 0 Å². The van der Waals surface area contributed by atoms with Gasteiger partial charge in [-0.3, -0.25) is 0 Å². The van der Waals surface area contributed by atoms with Crippen LogP contribution < -0.4 is 5.32 Å². The van der Waals surface area contributed by atoms with Crippen LogP contribution in [0.2, 0.25) is 0 Å². The van der Waals surface area contributed by atoms with E-state index in [1.807, 2.05) is 0 Å². The van der Waals surface area contributed by atoms with Crippen molar-refractivity contribution < 1.29 is 13.9 Å². The Hall–Kier alpha value is -1.07. The van der Waals surface area contributed by atoms with Gasteiger partial charge in [-0.05, 0) is 7.05 Å². The molecule has 0 spiro atoms. The summed E-state index contributed by atoms with van der Waals surface area (Å²) in [6.45, 7) is 0.167. The van der Waals surface area contributed by atoms with Gasteiger partial charge >= 0.3 is 0 Å². The maximum atomic E-state index is 12.9. The van der Waals surface area contributed by atoms with E-state index in [0.29, 0.717) is 0 Å². The van der Waals surface area contributed by atoms with Crippen LogP contribution in [-0.4, -0.2) is 23.7 Å². The normalized spacial score (nSPS) is 12.9. The van der Waals surface area contributed by atoms with Gasteiger partial charge in [-0.2, -0.15) is 4.39 Å². The first kappa shape index (κ1) is 10.0. The highest BCUT2D eigenvalue weighted by atomic mass is 19.1. The number of aliphatic hydroxyl groups excluding tert-OH is 1. The summed E-state index contributed by atoms with van der Waals surface area (Å²) in [7, 11) is 1.61. The fourth-order valence-electron chi connectivity index (χ4n) is 0.986. The molecule has 0 aliphatic heterocycles. The predicted octanol–water partition coefficient (Wildman–Crippen LogP) is 0.613. The number of rotatable bonds is 3. The summed E-state index contributed by atoms with van der Waals surface area (Å²) in [4.78, 5) is 3.11. The van der Waals surface area contributed by atoms with Crippen molar-refractivity contribution in [1.29, 1.82) is 0 Å². The Labute approximate surface area is 74.4 Å². The Bertz CT molecular complexity index is 293. The summed E-state index contributed by atoms with van der Waals surface area (Å²) in [6, 6.07) is 0.886. The van der Waals surface area contributed by atoms with Gasteiger partial charge in [0.05, 0.1) is 12.3 Å². The van der Waals surface area contributed by atoms with E-state index >= 15 is 0 Å². The van der Waals surface area contributed by atoms with Crippen molar-refractivity contribution in [2.45, 2.75) is 6.10 Å². The third kappa shape index (κ3) is 2.43. The number of hydrogen-bond donors (Lipinski definition) is 2. The molecule has 0 saturated heterocycles. The molecule has 1 rings (SSSR count). The molecule has 0 saturated carbocycles. The van der Waals surface area contributed by atoms with Gasteiger partial charge in [-0.1, -0.05) is 0 Å². The molecular weight excluding hydrogens is 178 g/mol. The average molecular weight is 188 g/mol. The van der Waals surface area contributed by atoms with Crippen LogP contribution in [-0.2, 0) is 0 Å². The quantitative estimate of drug-likeness (QED) is 0.683. The van der Waals surface area contributed by atoms with E-state index < -0.39 is 17.9 Å². The van der Waals surface area contributed by atoms with Gasteiger partial charge < -0.3 is 10.4 Å². The van der Waals surface area contributed by atoms with Gasteiger partial charge in [-0.25, -0.2) is 9.37 Å². The predicted molar refractivity (Wildman–Crippen MR) is 43.0 cm³/mol. The molecule has 0 amide bonds. The molecule has 2 N–H and O–H groups in total. The summed E-state index contributed by atoms with van der Waals surface area (Å²) < 4.78 is 25.5. The van der Waals surface area contributed by atoms with E-state index in [-0.39, 0.29) is 12.1 Å². The van der Waals surface area contributed by atoms with Crippen molar-refractivity contribution in [3.63, 3.8) is 0 Å². The van der Waals surface area contributed by atoms with Crippen LogP contribution in [0, 0.1) is 11.8 Å². The molecule has 13 heavy (non-hydrogen) atoms. The van der Waals surface area contributed by atoms with E-state index in [9.17, 15) is 13.9 Å². The summed E-state index contributed by atoms with van der Waals surface area (Å²) in [6.07, 6.45) is -0.300. The van der Waals surface area contributed by atoms with E-state index in [1.165, 1.54) is 0 Å². The molecule has 1 unspecified atom stereocenters. The van der Waals surface area contributed by atoms with Gasteiger partial charge in [0, 0.05) is 18.2 Å². The second-order valence-corrected chi connectivity index (χ2v) is 2.60. The van der Waals surface area contributed by atoms with E-state index in [4.69, 9.17) is 0 Å². The lowest BCUT2D eigenvalue weighted by Gasteiger charge is -2.10. The second kappa shape index (κ2) is 4.25. The minimum atomic E-state index is -1.05. The highest BCUT2D eigenvalue weighted by Gasteiger charge is 2.13. The SMILES string of the molecule is CNCC(O)c1cc(F)ncc1F. The molecule has 0 aliphatic rings. The summed E-state index contributed by atoms with van der Waals surface area (Å²) in [5.41, 5.74) is -0.0816. The van der Waals surface area contributed by atoms with Crippen molar-refractivity contribution in [2.24, 2.45) is 0 Å². The van der Waals surface area contributed by atoms with Crippen LogP contribution in [0.5, 0.6) is 0 Å². The van der Waals surface area contributed by atoms with Gasteiger partial charge in [-0.15, -0.1) is 0 Å². The molecule has 1 aromatic heterocycles. The Balaban J connectivity index is 2.91. The zero-order valence-corrected chi connectivity index (χ0v) is 7.09. The highest BCUT2D eigenvalue weighted by molar-refractivity contribution is 5.16. The minimum Gasteiger partial charge on any atom is -0.387 e. The van der Waals surface area contributed by atoms with Crippen molar-refractivity contribution >= 4 is 0 Å². The van der Waals surface area contributed by atoms with Crippen LogP contribution >= 0.6 is 0 Å². The number of likely N-dealkylation sites (N-methyl/N-ethyl adjacent to an activating group) is 1. The third-order valence-corrected chi connectivity index (χ3v) is 1.61. The molecule has 0 bridgehead atoms. The van der Waals surface area contributed by atoms with Crippen LogP contribution in [0.3, 0.4) is 0 Å². The lowest BCUT2D eigenvalue weighted by Crippen LogP contribution is -2.18. The zero-order chi connectivity index (χ0) is 9.84. The minimum absolute atomic E-state index is 0.0816. The molecule has 0 radical (unpaired) electrons. The molecule has 1 heterocycles. The van der Waals surface area contributed by atoms with Crippen molar-refractivity contribution in [2.75, 3.05) is 13.6 Å². The largest absolute Gasteiger partial charge is 0.387 e. The number of aliphatic hydroxyl groups is 1. The summed E-state index contributed by atoms with van der Waals surface area (Å²) in [5.74, 6) is -1.50. The van der Waals surface area contributed by atoms with Crippen molar-refractivity contribution in [1.82, 2.24) is 10.3 Å². The number of halogens is 2. The molecule has 3 nitrogen and oxygen atoms in total. The number of nitrogens with one attached hydrogen (secondary N) is 1. The number of aromatic nitrogens is 1. The smallest absolute Gasteiger partial charge is 0.213 e. The fourth-order valence-corrected chi connectivity index (χ4v) is 0.986. The first-order chi connectivity index (χ1) is 6.15. The Kier molecular flexibility index (Phi) is 3.27. The first-order valence-corrected chi connectivity index (χ1v) is 3.78. The lowest BCUT2D eigenvalue weighted by molar-refractivity contribution is 0.172. The number of hydrogen-bond acceptors (Lipinski definition) is 3. The first-order valence-electron chi connectivity index (χ1n) is 3.78. The average Bonchev–Trinajstić information content (AvgIpc) is 2.09. The molecular formula is C8H10F2N2O. The van der Waals surface area contributed by atoms with Crippen LogP contribution in [0.1, 0.15) is 11.7 Å². The Morgan fingerprint density at radius 1 is 1.62 bits per heavy atom. The maximum Gasteiger partial charge on any atom is 0.213 e. The standard InChI is InChI=1S/C8H10F2N2O/c1-11-4-7(13)5-2-8(10)12-3-6(5)9/h2-3,7,11,13H,4H2,1H3. The van der Waals surface area contributed by atoms with Gasteiger partial charge in [0.1, 0.15) is 5.82 Å². The highest BCUT2D eigenvalue weighted by Crippen LogP contribution is 2.15. The summed E-state index contributed by atoms with van der Waals surface area (Å²) in [5, 5.41) is 12.0. The number of pyridine rings is 1. The fraction of sp³-hybridized carbons (Fsp3) is 0.375. The molecule has 0 aliphatic carbocycles. The second-order valence-electron chi connectivity index (χ2n) is 2.60. The molecule has 5 heteroatoms. The molecule has 0 fully saturated rings. The number of nitrogens with zero attached hydrogens (tertiary/aromatic N) is 1. The summed E-state index contributed by atoms with van der Waals surface area (Å²) >= 11 is 0. The van der Waals surface area contributed by atoms with E-state index in [1.54, 1.807) is 7.05 Å². The molecule has 72 valence electrons. The van der Waals surface area contributed by atoms with Crippen LogP contribution in [0.15, 0.2) is 12.3 Å². The van der Waals surface area contributed by atoms with E-state index in [0.717, 1.165) is 12.3 Å². The van der Waals surface area contributed by atoms with Gasteiger partial charge in [0.25, 0.3) is 0 Å². The topological polar surface area (TPSA) is 45.1 Å². The van der Waals surface area contributed by atoms with Gasteiger partial charge in [0.2, 0.25) is 5.95 Å². The molecule has 1 atom stereocenters. The zero-order valence-electron chi connectivity index (χ0n) is 7.09.